The van der Waals surface area contributed by atoms with Crippen molar-refractivity contribution in [3.05, 3.63) is 88.4 Å². The number of hydrogen-bond acceptors (Lipinski definition) is 2. The molecule has 0 aliphatic rings. The SMILES string of the molecule is C=C/C=C(\C=C/C)Cc1cc(=O)n(-c2ccc(C(=O)O)cc2)[nH]1.CC. The van der Waals surface area contributed by atoms with E-state index in [1.807, 2.05) is 39.0 Å². The van der Waals surface area contributed by atoms with Gasteiger partial charge in [0.2, 0.25) is 0 Å². The van der Waals surface area contributed by atoms with E-state index in [-0.39, 0.29) is 11.1 Å². The van der Waals surface area contributed by atoms with Crippen molar-refractivity contribution in [1.82, 2.24) is 9.78 Å². The molecule has 0 saturated heterocycles. The van der Waals surface area contributed by atoms with Crippen LogP contribution >= 0.6 is 0 Å². The van der Waals surface area contributed by atoms with E-state index in [1.54, 1.807) is 18.2 Å². The molecule has 5 heteroatoms. The van der Waals surface area contributed by atoms with Crippen molar-refractivity contribution in [2.45, 2.75) is 27.2 Å². The molecule has 0 unspecified atom stereocenters. The molecule has 0 aliphatic heterocycles. The van der Waals surface area contributed by atoms with Crippen LogP contribution in [-0.4, -0.2) is 20.9 Å². The highest BCUT2D eigenvalue weighted by Gasteiger charge is 2.08. The molecular weight excluding hydrogens is 316 g/mol. The zero-order valence-electron chi connectivity index (χ0n) is 14.8. The average Bonchev–Trinajstić information content (AvgIpc) is 2.97. The Kier molecular flexibility index (Phi) is 7.93. The fraction of sp³-hybridized carbons (Fsp3) is 0.200. The number of aromatic amines is 1. The van der Waals surface area contributed by atoms with Gasteiger partial charge in [-0.25, -0.2) is 9.48 Å². The van der Waals surface area contributed by atoms with E-state index in [4.69, 9.17) is 5.11 Å². The van der Waals surface area contributed by atoms with E-state index in [0.717, 1.165) is 11.3 Å². The number of carboxylic acid groups (broad SMARTS) is 1. The quantitative estimate of drug-likeness (QED) is 0.777. The Morgan fingerprint density at radius 3 is 2.44 bits per heavy atom. The Labute approximate surface area is 147 Å². The fourth-order valence-corrected chi connectivity index (χ4v) is 2.24. The normalized spacial score (nSPS) is 11.1. The van der Waals surface area contributed by atoms with Crippen LogP contribution in [0.2, 0.25) is 0 Å². The summed E-state index contributed by atoms with van der Waals surface area (Å²) in [6.07, 6.45) is 8.05. The van der Waals surface area contributed by atoms with Gasteiger partial charge in [0.25, 0.3) is 5.56 Å². The number of aromatic carboxylic acids is 1. The standard InChI is InChI=1S/C18H18N2O3.C2H6/c1-3-5-13(6-4-2)11-15-12-17(21)20(19-15)16-9-7-14(8-10-16)18(22)23;1-2/h3-10,12,19H,1,11H2,2H3,(H,22,23);1-2H3/b6-4-,13-5+;. The van der Waals surface area contributed by atoms with Gasteiger partial charge in [-0.3, -0.25) is 9.89 Å². The van der Waals surface area contributed by atoms with Crippen molar-refractivity contribution in [3.63, 3.8) is 0 Å². The number of rotatable bonds is 6. The molecular formula is C20H24N2O3. The second kappa shape index (κ2) is 9.93. The summed E-state index contributed by atoms with van der Waals surface area (Å²) in [5.41, 5.74) is 2.37. The van der Waals surface area contributed by atoms with Crippen LogP contribution in [0.1, 0.15) is 36.8 Å². The van der Waals surface area contributed by atoms with Gasteiger partial charge in [-0.05, 0) is 36.8 Å². The molecule has 132 valence electrons. The van der Waals surface area contributed by atoms with Gasteiger partial charge in [-0.2, -0.15) is 0 Å². The van der Waals surface area contributed by atoms with E-state index in [0.29, 0.717) is 12.1 Å². The van der Waals surface area contributed by atoms with Gasteiger partial charge in [0.1, 0.15) is 0 Å². The highest BCUT2D eigenvalue weighted by atomic mass is 16.4. The predicted octanol–water partition coefficient (Wildman–Crippen LogP) is 4.12. The summed E-state index contributed by atoms with van der Waals surface area (Å²) in [4.78, 5) is 23.0. The molecule has 1 aromatic carbocycles. The molecule has 0 atom stereocenters. The Bertz CT molecular complexity index is 821. The number of benzene rings is 1. The minimum Gasteiger partial charge on any atom is -0.478 e. The van der Waals surface area contributed by atoms with Crippen LogP contribution in [-0.2, 0) is 6.42 Å². The maximum Gasteiger partial charge on any atom is 0.335 e. The Morgan fingerprint density at radius 2 is 1.92 bits per heavy atom. The summed E-state index contributed by atoms with van der Waals surface area (Å²) >= 11 is 0. The fourth-order valence-electron chi connectivity index (χ4n) is 2.24. The zero-order chi connectivity index (χ0) is 18.8. The lowest BCUT2D eigenvalue weighted by Crippen LogP contribution is -2.13. The Morgan fingerprint density at radius 1 is 1.28 bits per heavy atom. The van der Waals surface area contributed by atoms with E-state index in [9.17, 15) is 9.59 Å². The van der Waals surface area contributed by atoms with Gasteiger partial charge in [0, 0.05) is 18.2 Å². The molecule has 2 rings (SSSR count). The molecule has 0 aliphatic carbocycles. The summed E-state index contributed by atoms with van der Waals surface area (Å²) in [7, 11) is 0. The van der Waals surface area contributed by atoms with Gasteiger partial charge < -0.3 is 5.11 Å². The van der Waals surface area contributed by atoms with Gasteiger partial charge in [-0.1, -0.05) is 44.7 Å². The topological polar surface area (TPSA) is 75.1 Å². The second-order valence-electron chi connectivity index (χ2n) is 4.96. The van der Waals surface area contributed by atoms with Crippen molar-refractivity contribution in [2.75, 3.05) is 0 Å². The largest absolute Gasteiger partial charge is 0.478 e. The van der Waals surface area contributed by atoms with Crippen LogP contribution in [0, 0.1) is 0 Å². The number of allylic oxidation sites excluding steroid dienone is 5. The molecule has 0 spiro atoms. The lowest BCUT2D eigenvalue weighted by molar-refractivity contribution is 0.0697. The van der Waals surface area contributed by atoms with Crippen molar-refractivity contribution < 1.29 is 9.90 Å². The molecule has 0 fully saturated rings. The van der Waals surface area contributed by atoms with E-state index in [2.05, 4.69) is 11.7 Å². The third-order valence-corrected chi connectivity index (χ3v) is 3.25. The van der Waals surface area contributed by atoms with Crippen LogP contribution in [0.15, 0.2) is 71.6 Å². The van der Waals surface area contributed by atoms with Crippen LogP contribution in [0.4, 0.5) is 0 Å². The summed E-state index contributed by atoms with van der Waals surface area (Å²) in [5, 5.41) is 11.9. The highest BCUT2D eigenvalue weighted by molar-refractivity contribution is 5.87. The molecule has 5 nitrogen and oxygen atoms in total. The number of carboxylic acids is 1. The number of hydrogen-bond donors (Lipinski definition) is 2. The molecule has 0 radical (unpaired) electrons. The van der Waals surface area contributed by atoms with Gasteiger partial charge in [-0.15, -0.1) is 0 Å². The first-order valence-electron chi connectivity index (χ1n) is 8.14. The van der Waals surface area contributed by atoms with Crippen molar-refractivity contribution in [1.29, 1.82) is 0 Å². The molecule has 2 aromatic rings. The minimum absolute atomic E-state index is 0.179. The molecule has 1 aromatic heterocycles. The smallest absolute Gasteiger partial charge is 0.335 e. The highest BCUT2D eigenvalue weighted by Crippen LogP contribution is 2.10. The third kappa shape index (κ3) is 5.49. The van der Waals surface area contributed by atoms with Crippen LogP contribution < -0.4 is 5.56 Å². The first kappa shape index (κ1) is 20.0. The molecule has 2 N–H and O–H groups in total. The van der Waals surface area contributed by atoms with Gasteiger partial charge >= 0.3 is 5.97 Å². The average molecular weight is 340 g/mol. The zero-order valence-corrected chi connectivity index (χ0v) is 14.8. The Hall–Kier alpha value is -3.08. The number of carbonyl (C=O) groups is 1. The number of aromatic nitrogens is 2. The maximum absolute atomic E-state index is 12.1. The van der Waals surface area contributed by atoms with Crippen LogP contribution in [0.3, 0.4) is 0 Å². The summed E-state index contributed by atoms with van der Waals surface area (Å²) in [6.45, 7) is 9.61. The minimum atomic E-state index is -0.998. The number of H-pyrrole nitrogens is 1. The first-order chi connectivity index (χ1) is 12.0. The van der Waals surface area contributed by atoms with Crippen molar-refractivity contribution in [3.8, 4) is 5.69 Å². The lowest BCUT2D eigenvalue weighted by atomic mass is 10.1. The summed E-state index contributed by atoms with van der Waals surface area (Å²) in [5.74, 6) is -0.998. The molecule has 0 amide bonds. The van der Waals surface area contributed by atoms with Gasteiger partial charge in [0.05, 0.1) is 11.3 Å². The Balaban J connectivity index is 0.00000151. The predicted molar refractivity (Wildman–Crippen MR) is 101 cm³/mol. The monoisotopic (exact) mass is 340 g/mol. The van der Waals surface area contributed by atoms with Crippen LogP contribution in [0.5, 0.6) is 0 Å². The number of nitrogens with one attached hydrogen (secondary N) is 1. The van der Waals surface area contributed by atoms with E-state index >= 15 is 0 Å². The number of nitrogens with zero attached hydrogens (tertiary/aromatic N) is 1. The van der Waals surface area contributed by atoms with Crippen molar-refractivity contribution >= 4 is 5.97 Å². The maximum atomic E-state index is 12.1. The molecule has 0 bridgehead atoms. The van der Waals surface area contributed by atoms with Crippen LogP contribution in [0.25, 0.3) is 5.69 Å². The molecule has 1 heterocycles. The molecule has 25 heavy (non-hydrogen) atoms. The second-order valence-corrected chi connectivity index (χ2v) is 4.96. The summed E-state index contributed by atoms with van der Waals surface area (Å²) in [6, 6.07) is 7.65. The van der Waals surface area contributed by atoms with Gasteiger partial charge in [0.15, 0.2) is 0 Å². The van der Waals surface area contributed by atoms with E-state index in [1.165, 1.54) is 22.9 Å². The first-order valence-corrected chi connectivity index (χ1v) is 8.14. The summed E-state index contributed by atoms with van der Waals surface area (Å²) < 4.78 is 1.39. The lowest BCUT2D eigenvalue weighted by Gasteiger charge is -2.03. The molecule has 0 saturated carbocycles. The van der Waals surface area contributed by atoms with Crippen molar-refractivity contribution in [2.24, 2.45) is 0 Å². The third-order valence-electron chi connectivity index (χ3n) is 3.25. The van der Waals surface area contributed by atoms with E-state index < -0.39 is 5.97 Å².